The molecule has 0 atom stereocenters. The van der Waals surface area contributed by atoms with Crippen LogP contribution in [0.15, 0.2) is 43.0 Å². The monoisotopic (exact) mass is 309 g/mol. The predicted molar refractivity (Wildman–Crippen MR) is 96.5 cm³/mol. The molecule has 0 spiro atoms. The maximum atomic E-state index is 5.75. The summed E-state index contributed by atoms with van der Waals surface area (Å²) in [5.74, 6) is 1.74. The van der Waals surface area contributed by atoms with Crippen LogP contribution in [0.5, 0.6) is 11.5 Å². The Hall–Kier alpha value is -2.42. The quantitative estimate of drug-likeness (QED) is 0.805. The fourth-order valence-corrected chi connectivity index (χ4v) is 3.23. The molecule has 1 aliphatic rings. The molecule has 2 aromatic carbocycles. The van der Waals surface area contributed by atoms with Gasteiger partial charge in [0.1, 0.15) is 11.5 Å². The topological polar surface area (TPSA) is 21.7 Å². The third-order valence-corrected chi connectivity index (χ3v) is 4.42. The summed E-state index contributed by atoms with van der Waals surface area (Å²) >= 11 is 0. The van der Waals surface area contributed by atoms with Crippen molar-refractivity contribution in [1.82, 2.24) is 0 Å². The van der Waals surface area contributed by atoms with E-state index in [9.17, 15) is 0 Å². The summed E-state index contributed by atoms with van der Waals surface area (Å²) in [6, 6.07) is 12.4. The number of hydrogen-bond acceptors (Lipinski definition) is 3. The third-order valence-electron chi connectivity index (χ3n) is 4.42. The van der Waals surface area contributed by atoms with Crippen LogP contribution < -0.4 is 14.4 Å². The van der Waals surface area contributed by atoms with Gasteiger partial charge < -0.3 is 14.4 Å². The van der Waals surface area contributed by atoms with Crippen LogP contribution in [-0.2, 0) is 0 Å². The summed E-state index contributed by atoms with van der Waals surface area (Å²) in [5, 5.41) is 0. The van der Waals surface area contributed by atoms with Crippen molar-refractivity contribution in [3.8, 4) is 22.6 Å². The number of hydrogen-bond donors (Lipinski definition) is 0. The highest BCUT2D eigenvalue weighted by Gasteiger charge is 2.21. The van der Waals surface area contributed by atoms with Gasteiger partial charge in [0.05, 0.1) is 14.2 Å². The lowest BCUT2D eigenvalue weighted by Gasteiger charge is -2.24. The van der Waals surface area contributed by atoms with Crippen molar-refractivity contribution in [3.63, 3.8) is 0 Å². The lowest BCUT2D eigenvalue weighted by molar-refractivity contribution is 0.414. The van der Waals surface area contributed by atoms with Crippen molar-refractivity contribution in [2.75, 3.05) is 32.2 Å². The third kappa shape index (κ3) is 2.91. The molecule has 120 valence electrons. The van der Waals surface area contributed by atoms with Crippen molar-refractivity contribution in [1.29, 1.82) is 0 Å². The van der Waals surface area contributed by atoms with Crippen LogP contribution in [0.2, 0.25) is 0 Å². The lowest BCUT2D eigenvalue weighted by atomic mass is 9.98. The highest BCUT2D eigenvalue weighted by molar-refractivity contribution is 5.87. The summed E-state index contributed by atoms with van der Waals surface area (Å²) in [6.45, 7) is 6.11. The number of anilines is 1. The van der Waals surface area contributed by atoms with Gasteiger partial charge in [-0.2, -0.15) is 0 Å². The first-order valence-electron chi connectivity index (χ1n) is 8.01. The van der Waals surface area contributed by atoms with Crippen molar-refractivity contribution in [2.24, 2.45) is 0 Å². The van der Waals surface area contributed by atoms with E-state index in [1.165, 1.54) is 18.5 Å². The van der Waals surface area contributed by atoms with Gasteiger partial charge in [-0.3, -0.25) is 0 Å². The molecule has 0 amide bonds. The van der Waals surface area contributed by atoms with E-state index in [-0.39, 0.29) is 0 Å². The van der Waals surface area contributed by atoms with Crippen LogP contribution in [-0.4, -0.2) is 27.3 Å². The van der Waals surface area contributed by atoms with Crippen LogP contribution >= 0.6 is 0 Å². The first kappa shape index (κ1) is 15.5. The summed E-state index contributed by atoms with van der Waals surface area (Å²) in [6.07, 6.45) is 4.33. The minimum Gasteiger partial charge on any atom is -0.497 e. The molecule has 0 aromatic heterocycles. The maximum absolute atomic E-state index is 5.75. The normalized spacial score (nSPS) is 13.9. The SMILES string of the molecule is C=Cc1ccc(N2CCCC2)c(-c2ccc(OC)cc2)c1OC. The van der Waals surface area contributed by atoms with Crippen molar-refractivity contribution < 1.29 is 9.47 Å². The van der Waals surface area contributed by atoms with Crippen LogP contribution in [0.25, 0.3) is 17.2 Å². The average Bonchev–Trinajstić information content (AvgIpc) is 3.15. The lowest BCUT2D eigenvalue weighted by Crippen LogP contribution is -2.18. The van der Waals surface area contributed by atoms with E-state index in [0.717, 1.165) is 41.3 Å². The minimum atomic E-state index is 0.857. The molecule has 3 heteroatoms. The second kappa shape index (κ2) is 6.78. The highest BCUT2D eigenvalue weighted by atomic mass is 16.5. The zero-order chi connectivity index (χ0) is 16.2. The van der Waals surface area contributed by atoms with Crippen LogP contribution in [0.4, 0.5) is 5.69 Å². The molecule has 0 aliphatic carbocycles. The van der Waals surface area contributed by atoms with E-state index < -0.39 is 0 Å². The molecule has 0 N–H and O–H groups in total. The smallest absolute Gasteiger partial charge is 0.135 e. The van der Waals surface area contributed by atoms with Crippen molar-refractivity contribution in [2.45, 2.75) is 12.8 Å². The largest absolute Gasteiger partial charge is 0.497 e. The molecule has 1 aliphatic heterocycles. The van der Waals surface area contributed by atoms with E-state index in [4.69, 9.17) is 9.47 Å². The first-order valence-corrected chi connectivity index (χ1v) is 8.01. The standard InChI is InChI=1S/C20H23NO2/c1-4-15-9-12-18(21-13-5-6-14-21)19(20(15)23-3)16-7-10-17(22-2)11-8-16/h4,7-12H,1,5-6,13-14H2,2-3H3. The van der Waals surface area contributed by atoms with Gasteiger partial charge in [-0.25, -0.2) is 0 Å². The number of rotatable bonds is 5. The fraction of sp³-hybridized carbons (Fsp3) is 0.300. The van der Waals surface area contributed by atoms with E-state index in [2.05, 4.69) is 35.7 Å². The fourth-order valence-electron chi connectivity index (χ4n) is 3.23. The molecule has 0 bridgehead atoms. The molecular weight excluding hydrogens is 286 g/mol. The number of nitrogens with zero attached hydrogens (tertiary/aromatic N) is 1. The van der Waals surface area contributed by atoms with Crippen molar-refractivity contribution >= 4 is 11.8 Å². The molecule has 2 aromatic rings. The van der Waals surface area contributed by atoms with Crippen LogP contribution in [0, 0.1) is 0 Å². The molecular formula is C20H23NO2. The predicted octanol–water partition coefficient (Wildman–Crippen LogP) is 4.61. The van der Waals surface area contributed by atoms with Gasteiger partial charge in [-0.05, 0) is 42.7 Å². The first-order chi connectivity index (χ1) is 11.3. The Morgan fingerprint density at radius 2 is 1.65 bits per heavy atom. The van der Waals surface area contributed by atoms with Gasteiger partial charge in [0.25, 0.3) is 0 Å². The molecule has 3 rings (SSSR count). The van der Waals surface area contributed by atoms with Gasteiger partial charge in [0.15, 0.2) is 0 Å². The Balaban J connectivity index is 2.18. The second-order valence-corrected chi connectivity index (χ2v) is 5.71. The Morgan fingerprint density at radius 3 is 2.22 bits per heavy atom. The Bertz CT molecular complexity index is 686. The Morgan fingerprint density at radius 1 is 0.957 bits per heavy atom. The molecule has 23 heavy (non-hydrogen) atoms. The van der Waals surface area contributed by atoms with E-state index in [1.807, 2.05) is 18.2 Å². The molecule has 0 saturated carbocycles. The van der Waals surface area contributed by atoms with Crippen molar-refractivity contribution in [3.05, 3.63) is 48.5 Å². The van der Waals surface area contributed by atoms with E-state index in [1.54, 1.807) is 14.2 Å². The number of benzene rings is 2. The van der Waals surface area contributed by atoms with Gasteiger partial charge in [0.2, 0.25) is 0 Å². The molecule has 3 nitrogen and oxygen atoms in total. The van der Waals surface area contributed by atoms with E-state index in [0.29, 0.717) is 0 Å². The molecule has 0 unspecified atom stereocenters. The molecule has 1 saturated heterocycles. The Labute approximate surface area is 138 Å². The zero-order valence-corrected chi connectivity index (χ0v) is 13.8. The maximum Gasteiger partial charge on any atom is 0.135 e. The highest BCUT2D eigenvalue weighted by Crippen LogP contribution is 2.42. The van der Waals surface area contributed by atoms with Crippen LogP contribution in [0.3, 0.4) is 0 Å². The average molecular weight is 309 g/mol. The molecule has 0 radical (unpaired) electrons. The zero-order valence-electron chi connectivity index (χ0n) is 13.8. The Kier molecular flexibility index (Phi) is 4.56. The van der Waals surface area contributed by atoms with Gasteiger partial charge in [-0.15, -0.1) is 0 Å². The van der Waals surface area contributed by atoms with E-state index >= 15 is 0 Å². The summed E-state index contributed by atoms with van der Waals surface area (Å²) < 4.78 is 11.0. The van der Waals surface area contributed by atoms with Gasteiger partial charge in [-0.1, -0.05) is 24.8 Å². The molecule has 1 fully saturated rings. The summed E-state index contributed by atoms with van der Waals surface area (Å²) in [7, 11) is 3.41. The van der Waals surface area contributed by atoms with Crippen LogP contribution in [0.1, 0.15) is 18.4 Å². The minimum absolute atomic E-state index is 0.857. The number of methoxy groups -OCH3 is 2. The number of ether oxygens (including phenoxy) is 2. The summed E-state index contributed by atoms with van der Waals surface area (Å²) in [5.41, 5.74) is 4.51. The van der Waals surface area contributed by atoms with Gasteiger partial charge >= 0.3 is 0 Å². The van der Waals surface area contributed by atoms with Gasteiger partial charge in [0, 0.05) is 29.9 Å². The molecule has 1 heterocycles. The second-order valence-electron chi connectivity index (χ2n) is 5.71. The summed E-state index contributed by atoms with van der Waals surface area (Å²) in [4.78, 5) is 2.44.